The first-order valence-corrected chi connectivity index (χ1v) is 7.13. The zero-order chi connectivity index (χ0) is 15.8. The monoisotopic (exact) mass is 293 g/mol. The van der Waals surface area contributed by atoms with Gasteiger partial charge in [0.05, 0.1) is 18.6 Å². The average Bonchev–Trinajstić information content (AvgIpc) is 2.44. The molecule has 0 N–H and O–H groups in total. The molecule has 0 aliphatic heterocycles. The van der Waals surface area contributed by atoms with Gasteiger partial charge in [-0.1, -0.05) is 26.8 Å². The molecule has 0 aromatic heterocycles. The molecule has 0 aliphatic rings. The lowest BCUT2D eigenvalue weighted by atomic mass is 10.1. The van der Waals surface area contributed by atoms with Crippen molar-refractivity contribution in [2.75, 3.05) is 13.7 Å². The van der Waals surface area contributed by atoms with Crippen molar-refractivity contribution < 1.29 is 14.4 Å². The highest BCUT2D eigenvalue weighted by molar-refractivity contribution is 5.57. The molecular formula is C16H23NO4. The SMILES string of the molecule is CCCOc1ccc(C=C(CC(C)C)[N+](=O)[O-])cc1OC. The summed E-state index contributed by atoms with van der Waals surface area (Å²) in [5, 5.41) is 11.1. The summed E-state index contributed by atoms with van der Waals surface area (Å²) in [6.45, 7) is 6.55. The third-order valence-corrected chi connectivity index (χ3v) is 2.83. The molecule has 1 rings (SSSR count). The number of benzene rings is 1. The molecule has 0 saturated carbocycles. The van der Waals surface area contributed by atoms with Crippen LogP contribution in [0.25, 0.3) is 6.08 Å². The number of allylic oxidation sites excluding steroid dienone is 1. The maximum atomic E-state index is 11.1. The topological polar surface area (TPSA) is 61.6 Å². The van der Waals surface area contributed by atoms with Crippen LogP contribution >= 0.6 is 0 Å². The predicted octanol–water partition coefficient (Wildman–Crippen LogP) is 4.15. The molecule has 0 aliphatic carbocycles. The van der Waals surface area contributed by atoms with Crippen molar-refractivity contribution in [3.05, 3.63) is 39.6 Å². The molecule has 0 atom stereocenters. The van der Waals surface area contributed by atoms with Crippen LogP contribution in [0.2, 0.25) is 0 Å². The molecule has 0 spiro atoms. The van der Waals surface area contributed by atoms with Gasteiger partial charge in [-0.05, 0) is 30.0 Å². The summed E-state index contributed by atoms with van der Waals surface area (Å²) in [6.07, 6.45) is 2.93. The number of rotatable bonds is 8. The summed E-state index contributed by atoms with van der Waals surface area (Å²) in [7, 11) is 1.56. The van der Waals surface area contributed by atoms with E-state index in [1.807, 2.05) is 20.8 Å². The minimum Gasteiger partial charge on any atom is -0.493 e. The van der Waals surface area contributed by atoms with E-state index >= 15 is 0 Å². The Morgan fingerprint density at radius 2 is 2.10 bits per heavy atom. The molecule has 0 fully saturated rings. The van der Waals surface area contributed by atoms with E-state index in [2.05, 4.69) is 0 Å². The first-order chi connectivity index (χ1) is 9.97. The van der Waals surface area contributed by atoms with Crippen molar-refractivity contribution in [2.45, 2.75) is 33.6 Å². The Hall–Kier alpha value is -2.04. The van der Waals surface area contributed by atoms with E-state index in [-0.39, 0.29) is 16.5 Å². The van der Waals surface area contributed by atoms with E-state index < -0.39 is 0 Å². The molecule has 0 amide bonds. The summed E-state index contributed by atoms with van der Waals surface area (Å²) in [5.74, 6) is 1.48. The fourth-order valence-electron chi connectivity index (χ4n) is 1.90. The Bertz CT molecular complexity index is 509. The third kappa shape index (κ3) is 5.45. The first kappa shape index (κ1) is 17.0. The van der Waals surface area contributed by atoms with Crippen LogP contribution in [0.3, 0.4) is 0 Å². The standard InChI is InChI=1S/C16H23NO4/c1-5-8-21-15-7-6-13(11-16(15)20-4)10-14(17(18)19)9-12(2)3/h6-7,10-12H,5,8-9H2,1-4H3. The van der Waals surface area contributed by atoms with Crippen LogP contribution in [0, 0.1) is 16.0 Å². The number of nitrogens with zero attached hydrogens (tertiary/aromatic N) is 1. The van der Waals surface area contributed by atoms with E-state index in [1.165, 1.54) is 0 Å². The van der Waals surface area contributed by atoms with Gasteiger partial charge in [0, 0.05) is 12.5 Å². The van der Waals surface area contributed by atoms with Crippen molar-refractivity contribution in [2.24, 2.45) is 5.92 Å². The van der Waals surface area contributed by atoms with Crippen molar-refractivity contribution in [3.8, 4) is 11.5 Å². The van der Waals surface area contributed by atoms with Crippen molar-refractivity contribution in [3.63, 3.8) is 0 Å². The predicted molar refractivity (Wildman–Crippen MR) is 83.2 cm³/mol. The second-order valence-electron chi connectivity index (χ2n) is 5.25. The number of nitro groups is 1. The Kier molecular flexibility index (Phi) is 6.72. The fourth-order valence-corrected chi connectivity index (χ4v) is 1.90. The Labute approximate surface area is 125 Å². The molecule has 0 saturated heterocycles. The zero-order valence-electron chi connectivity index (χ0n) is 13.1. The number of hydrogen-bond acceptors (Lipinski definition) is 4. The third-order valence-electron chi connectivity index (χ3n) is 2.83. The highest BCUT2D eigenvalue weighted by atomic mass is 16.6. The minimum absolute atomic E-state index is 0.203. The maximum Gasteiger partial charge on any atom is 0.247 e. The van der Waals surface area contributed by atoms with Crippen LogP contribution < -0.4 is 9.47 Å². The van der Waals surface area contributed by atoms with Gasteiger partial charge in [0.2, 0.25) is 5.70 Å². The average molecular weight is 293 g/mol. The number of hydrogen-bond donors (Lipinski definition) is 0. The summed E-state index contributed by atoms with van der Waals surface area (Å²) < 4.78 is 10.9. The molecule has 0 radical (unpaired) electrons. The summed E-state index contributed by atoms with van der Waals surface area (Å²) >= 11 is 0. The molecular weight excluding hydrogens is 270 g/mol. The molecule has 1 aromatic carbocycles. The second kappa shape index (κ2) is 8.29. The largest absolute Gasteiger partial charge is 0.493 e. The number of methoxy groups -OCH3 is 1. The first-order valence-electron chi connectivity index (χ1n) is 7.13. The lowest BCUT2D eigenvalue weighted by molar-refractivity contribution is -0.427. The van der Waals surface area contributed by atoms with Gasteiger partial charge in [-0.2, -0.15) is 0 Å². The maximum absolute atomic E-state index is 11.1. The second-order valence-corrected chi connectivity index (χ2v) is 5.25. The minimum atomic E-state index is -0.325. The summed E-state index contributed by atoms with van der Waals surface area (Å²) in [5.41, 5.74) is 0.942. The van der Waals surface area contributed by atoms with Crippen LogP contribution in [0.1, 0.15) is 39.2 Å². The molecule has 5 heteroatoms. The molecule has 0 heterocycles. The molecule has 0 unspecified atom stereocenters. The van der Waals surface area contributed by atoms with Gasteiger partial charge in [0.25, 0.3) is 0 Å². The van der Waals surface area contributed by atoms with E-state index in [4.69, 9.17) is 9.47 Å². The van der Waals surface area contributed by atoms with Gasteiger partial charge in [0.1, 0.15) is 0 Å². The van der Waals surface area contributed by atoms with Crippen molar-refractivity contribution in [1.82, 2.24) is 0 Å². The molecule has 5 nitrogen and oxygen atoms in total. The van der Waals surface area contributed by atoms with E-state index in [0.717, 1.165) is 12.0 Å². The van der Waals surface area contributed by atoms with Crippen LogP contribution in [0.15, 0.2) is 23.9 Å². The van der Waals surface area contributed by atoms with Gasteiger partial charge >= 0.3 is 0 Å². The highest BCUT2D eigenvalue weighted by Crippen LogP contribution is 2.29. The van der Waals surface area contributed by atoms with Crippen molar-refractivity contribution >= 4 is 6.08 Å². The lowest BCUT2D eigenvalue weighted by Gasteiger charge is -2.10. The quantitative estimate of drug-likeness (QED) is 0.533. The highest BCUT2D eigenvalue weighted by Gasteiger charge is 2.14. The van der Waals surface area contributed by atoms with Crippen LogP contribution in [-0.4, -0.2) is 18.6 Å². The van der Waals surface area contributed by atoms with Gasteiger partial charge in [-0.3, -0.25) is 10.1 Å². The Morgan fingerprint density at radius 3 is 2.62 bits per heavy atom. The Balaban J connectivity index is 3.04. The summed E-state index contributed by atoms with van der Waals surface area (Å²) in [6, 6.07) is 5.35. The van der Waals surface area contributed by atoms with Crippen LogP contribution in [-0.2, 0) is 0 Å². The van der Waals surface area contributed by atoms with E-state index in [9.17, 15) is 10.1 Å². The van der Waals surface area contributed by atoms with E-state index in [1.54, 1.807) is 31.4 Å². The van der Waals surface area contributed by atoms with Crippen molar-refractivity contribution in [1.29, 1.82) is 0 Å². The summed E-state index contributed by atoms with van der Waals surface area (Å²) in [4.78, 5) is 10.8. The molecule has 116 valence electrons. The normalized spacial score (nSPS) is 11.6. The number of ether oxygens (including phenoxy) is 2. The Morgan fingerprint density at radius 1 is 1.38 bits per heavy atom. The van der Waals surface area contributed by atoms with Crippen LogP contribution in [0.4, 0.5) is 0 Å². The lowest BCUT2D eigenvalue weighted by Crippen LogP contribution is -2.02. The molecule has 0 bridgehead atoms. The van der Waals surface area contributed by atoms with Gasteiger partial charge in [-0.25, -0.2) is 0 Å². The zero-order valence-corrected chi connectivity index (χ0v) is 13.1. The van der Waals surface area contributed by atoms with Gasteiger partial charge in [-0.15, -0.1) is 0 Å². The molecule has 21 heavy (non-hydrogen) atoms. The fraction of sp³-hybridized carbons (Fsp3) is 0.500. The van der Waals surface area contributed by atoms with Crippen LogP contribution in [0.5, 0.6) is 11.5 Å². The van der Waals surface area contributed by atoms with Gasteiger partial charge in [0.15, 0.2) is 11.5 Å². The smallest absolute Gasteiger partial charge is 0.247 e. The van der Waals surface area contributed by atoms with E-state index in [0.29, 0.717) is 24.5 Å². The van der Waals surface area contributed by atoms with Gasteiger partial charge < -0.3 is 9.47 Å². The molecule has 1 aromatic rings.